The number of benzene rings is 2. The van der Waals surface area contributed by atoms with E-state index in [0.29, 0.717) is 18.5 Å². The minimum atomic E-state index is -3.81. The van der Waals surface area contributed by atoms with Crippen LogP contribution in [0.1, 0.15) is 38.2 Å². The molecule has 1 fully saturated rings. The lowest BCUT2D eigenvalue weighted by Crippen LogP contribution is -2.39. The topological polar surface area (TPSA) is 116 Å². The number of amides is 1. The Balaban J connectivity index is 1.68. The van der Waals surface area contributed by atoms with Crippen LogP contribution >= 0.6 is 0 Å². The van der Waals surface area contributed by atoms with Crippen molar-refractivity contribution in [2.24, 2.45) is 5.14 Å². The first-order valence-electron chi connectivity index (χ1n) is 9.43. The lowest BCUT2D eigenvalue weighted by Gasteiger charge is -2.28. The van der Waals surface area contributed by atoms with Crippen LogP contribution in [-0.4, -0.2) is 26.4 Å². The van der Waals surface area contributed by atoms with Gasteiger partial charge in [-0.3, -0.25) is 9.59 Å². The van der Waals surface area contributed by atoms with Crippen molar-refractivity contribution in [3.8, 4) is 0 Å². The number of carbonyl (C=O) groups is 2. The number of primary sulfonamides is 1. The van der Waals surface area contributed by atoms with E-state index < -0.39 is 33.4 Å². The van der Waals surface area contributed by atoms with Gasteiger partial charge >= 0.3 is 5.97 Å². The number of ether oxygens (including phenoxy) is 1. The fourth-order valence-corrected chi connectivity index (χ4v) is 4.16. The minimum absolute atomic E-state index is 0.0546. The Bertz CT molecular complexity index is 981. The maximum Gasteiger partial charge on any atom is 0.317 e. The molecule has 3 N–H and O–H groups in total. The molecule has 0 bridgehead atoms. The van der Waals surface area contributed by atoms with Gasteiger partial charge in [-0.2, -0.15) is 0 Å². The number of sulfonamides is 1. The normalized spacial score (nSPS) is 16.8. The van der Waals surface area contributed by atoms with Gasteiger partial charge in [-0.05, 0) is 49.6 Å². The van der Waals surface area contributed by atoms with E-state index in [4.69, 9.17) is 9.88 Å². The summed E-state index contributed by atoms with van der Waals surface area (Å²) in [5, 5.41) is 7.68. The van der Waals surface area contributed by atoms with Gasteiger partial charge in [0.2, 0.25) is 10.0 Å². The largest absolute Gasteiger partial charge is 0.452 e. The fourth-order valence-electron chi connectivity index (χ4n) is 3.65. The summed E-state index contributed by atoms with van der Waals surface area (Å²) in [6.45, 7) is 1.51. The maximum absolute atomic E-state index is 13.0. The molecule has 29 heavy (non-hydrogen) atoms. The van der Waals surface area contributed by atoms with Crippen LogP contribution in [0.2, 0.25) is 0 Å². The first-order valence-corrected chi connectivity index (χ1v) is 11.0. The van der Waals surface area contributed by atoms with Crippen LogP contribution < -0.4 is 10.5 Å². The Morgan fingerprint density at radius 1 is 1.03 bits per heavy atom. The molecule has 1 aliphatic rings. The minimum Gasteiger partial charge on any atom is -0.452 e. The van der Waals surface area contributed by atoms with E-state index >= 15 is 0 Å². The molecule has 1 saturated carbocycles. The standard InChI is InChI=1S/C21H24N2O5S/c1-15(19(24)23-17-9-11-18(12-10-17)29(22,26)27)28-20(25)21(13-5-6-14-21)16-7-3-2-4-8-16/h2-4,7-12,15H,5-6,13-14H2,1H3,(H,23,24)(H2,22,26,27)/t15-/m0/s1. The average Bonchev–Trinajstić information content (AvgIpc) is 3.19. The summed E-state index contributed by atoms with van der Waals surface area (Å²) in [6.07, 6.45) is 2.25. The van der Waals surface area contributed by atoms with Gasteiger partial charge in [0.05, 0.1) is 10.3 Å². The molecule has 0 aliphatic heterocycles. The van der Waals surface area contributed by atoms with Gasteiger partial charge in [0.15, 0.2) is 6.10 Å². The quantitative estimate of drug-likeness (QED) is 0.703. The molecule has 2 aromatic rings. The van der Waals surface area contributed by atoms with E-state index in [1.54, 1.807) is 0 Å². The highest BCUT2D eigenvalue weighted by Gasteiger charge is 2.45. The van der Waals surface area contributed by atoms with Crippen molar-refractivity contribution in [1.29, 1.82) is 0 Å². The van der Waals surface area contributed by atoms with Gasteiger partial charge in [-0.15, -0.1) is 0 Å². The van der Waals surface area contributed by atoms with Gasteiger partial charge < -0.3 is 10.1 Å². The van der Waals surface area contributed by atoms with Crippen molar-refractivity contribution in [1.82, 2.24) is 0 Å². The van der Waals surface area contributed by atoms with Crippen molar-refractivity contribution in [2.45, 2.75) is 49.0 Å². The van der Waals surface area contributed by atoms with Gasteiger partial charge in [0.1, 0.15) is 0 Å². The van der Waals surface area contributed by atoms with Crippen molar-refractivity contribution in [3.05, 3.63) is 60.2 Å². The summed E-state index contributed by atoms with van der Waals surface area (Å²) in [4.78, 5) is 25.4. The Hall–Kier alpha value is -2.71. The molecular weight excluding hydrogens is 392 g/mol. The van der Waals surface area contributed by atoms with Crippen molar-refractivity contribution >= 4 is 27.6 Å². The molecular formula is C21H24N2O5S. The van der Waals surface area contributed by atoms with E-state index in [2.05, 4.69) is 5.32 Å². The molecule has 3 rings (SSSR count). The van der Waals surface area contributed by atoms with Crippen LogP contribution in [0.3, 0.4) is 0 Å². The van der Waals surface area contributed by atoms with Crippen LogP contribution in [-0.2, 0) is 29.8 Å². The molecule has 1 amide bonds. The SMILES string of the molecule is C[C@H](OC(=O)C1(c2ccccc2)CCCC1)C(=O)Nc1ccc(S(N)(=O)=O)cc1. The molecule has 7 nitrogen and oxygen atoms in total. The third kappa shape index (κ3) is 4.65. The van der Waals surface area contributed by atoms with E-state index in [1.165, 1.54) is 31.2 Å². The van der Waals surface area contributed by atoms with Crippen molar-refractivity contribution < 1.29 is 22.7 Å². The molecule has 2 aromatic carbocycles. The third-order valence-corrected chi connectivity index (χ3v) is 6.21. The molecule has 1 aliphatic carbocycles. The van der Waals surface area contributed by atoms with E-state index in [9.17, 15) is 18.0 Å². The fraction of sp³-hybridized carbons (Fsp3) is 0.333. The zero-order valence-electron chi connectivity index (χ0n) is 16.1. The van der Waals surface area contributed by atoms with Crippen LogP contribution in [0.5, 0.6) is 0 Å². The Kier molecular flexibility index (Phi) is 6.04. The smallest absolute Gasteiger partial charge is 0.317 e. The molecule has 0 saturated heterocycles. The highest BCUT2D eigenvalue weighted by molar-refractivity contribution is 7.89. The summed E-state index contributed by atoms with van der Waals surface area (Å²) in [6, 6.07) is 15.0. The molecule has 0 spiro atoms. The lowest BCUT2D eigenvalue weighted by atomic mass is 9.79. The second-order valence-electron chi connectivity index (χ2n) is 7.26. The summed E-state index contributed by atoms with van der Waals surface area (Å²) >= 11 is 0. The second kappa shape index (κ2) is 8.34. The number of hydrogen-bond donors (Lipinski definition) is 2. The first-order chi connectivity index (χ1) is 13.7. The van der Waals surface area contributed by atoms with E-state index in [0.717, 1.165) is 18.4 Å². The van der Waals surface area contributed by atoms with Crippen molar-refractivity contribution in [3.63, 3.8) is 0 Å². The Morgan fingerprint density at radius 3 is 2.17 bits per heavy atom. The molecule has 1 atom stereocenters. The van der Waals surface area contributed by atoms with Gasteiger partial charge in [-0.25, -0.2) is 13.6 Å². The predicted molar refractivity (Wildman–Crippen MR) is 109 cm³/mol. The molecule has 0 heterocycles. The Labute approximate surface area is 170 Å². The van der Waals surface area contributed by atoms with Crippen LogP contribution in [0.15, 0.2) is 59.5 Å². The monoisotopic (exact) mass is 416 g/mol. The third-order valence-electron chi connectivity index (χ3n) is 5.28. The summed E-state index contributed by atoms with van der Waals surface area (Å²) in [5.74, 6) is -0.892. The van der Waals surface area contributed by atoms with Gasteiger partial charge in [0.25, 0.3) is 5.91 Å². The molecule has 0 aromatic heterocycles. The summed E-state index contributed by atoms with van der Waals surface area (Å²) < 4.78 is 28.1. The van der Waals surface area contributed by atoms with E-state index in [-0.39, 0.29) is 4.90 Å². The number of nitrogens with one attached hydrogen (secondary N) is 1. The number of nitrogens with two attached hydrogens (primary N) is 1. The van der Waals surface area contributed by atoms with Crippen LogP contribution in [0.4, 0.5) is 5.69 Å². The highest BCUT2D eigenvalue weighted by Crippen LogP contribution is 2.42. The number of carbonyl (C=O) groups excluding carboxylic acids is 2. The molecule has 0 unspecified atom stereocenters. The number of hydrogen-bond acceptors (Lipinski definition) is 5. The van der Waals surface area contributed by atoms with Crippen molar-refractivity contribution in [2.75, 3.05) is 5.32 Å². The highest BCUT2D eigenvalue weighted by atomic mass is 32.2. The number of rotatable bonds is 6. The Morgan fingerprint density at radius 2 is 1.62 bits per heavy atom. The second-order valence-corrected chi connectivity index (χ2v) is 8.82. The summed E-state index contributed by atoms with van der Waals surface area (Å²) in [5.41, 5.74) is 0.574. The average molecular weight is 416 g/mol. The van der Waals surface area contributed by atoms with E-state index in [1.807, 2.05) is 30.3 Å². The number of esters is 1. The molecule has 8 heteroatoms. The van der Waals surface area contributed by atoms with Crippen LogP contribution in [0.25, 0.3) is 0 Å². The zero-order chi connectivity index (χ0) is 21.1. The molecule has 154 valence electrons. The lowest BCUT2D eigenvalue weighted by molar-refractivity contribution is -0.159. The van der Waals surface area contributed by atoms with Crippen LogP contribution in [0, 0.1) is 0 Å². The maximum atomic E-state index is 13.0. The summed E-state index contributed by atoms with van der Waals surface area (Å²) in [7, 11) is -3.81. The number of anilines is 1. The zero-order valence-corrected chi connectivity index (χ0v) is 16.9. The van der Waals surface area contributed by atoms with Gasteiger partial charge in [-0.1, -0.05) is 43.2 Å². The molecule has 0 radical (unpaired) electrons. The predicted octanol–water partition coefficient (Wildman–Crippen LogP) is 2.72. The first kappa shape index (κ1) is 21.0. The van der Waals surface area contributed by atoms with Gasteiger partial charge in [0, 0.05) is 5.69 Å².